The number of hydrogen-bond donors (Lipinski definition) is 1. The molecule has 0 spiro atoms. The van der Waals surface area contributed by atoms with Gasteiger partial charge >= 0.3 is 0 Å². The molecule has 1 saturated carbocycles. The molecule has 2 atom stereocenters. The second-order valence-corrected chi connectivity index (χ2v) is 6.08. The molecule has 2 unspecified atom stereocenters. The van der Waals surface area contributed by atoms with Crippen molar-refractivity contribution in [1.29, 1.82) is 0 Å². The summed E-state index contributed by atoms with van der Waals surface area (Å²) in [6.45, 7) is 7.46. The van der Waals surface area contributed by atoms with E-state index in [4.69, 9.17) is 0 Å². The molecule has 0 amide bonds. The fourth-order valence-corrected chi connectivity index (χ4v) is 3.49. The number of halogens is 1. The van der Waals surface area contributed by atoms with Gasteiger partial charge in [0.2, 0.25) is 0 Å². The van der Waals surface area contributed by atoms with Crippen LogP contribution < -0.4 is 10.2 Å². The van der Waals surface area contributed by atoms with Crippen molar-refractivity contribution in [3.63, 3.8) is 0 Å². The van der Waals surface area contributed by atoms with Crippen LogP contribution in [-0.2, 0) is 0 Å². The van der Waals surface area contributed by atoms with Gasteiger partial charge in [-0.05, 0) is 56.5 Å². The molecule has 0 saturated heterocycles. The zero-order chi connectivity index (χ0) is 15.1. The Morgan fingerprint density at radius 2 is 1.81 bits per heavy atom. The number of hydrogen-bond acceptors (Lipinski definition) is 2. The van der Waals surface area contributed by atoms with Crippen molar-refractivity contribution in [3.05, 3.63) is 30.1 Å². The summed E-state index contributed by atoms with van der Waals surface area (Å²) in [4.78, 5) is 2.39. The highest BCUT2D eigenvalue weighted by molar-refractivity contribution is 5.46. The Kier molecular flexibility index (Phi) is 6.50. The predicted molar refractivity (Wildman–Crippen MR) is 88.3 cm³/mol. The van der Waals surface area contributed by atoms with E-state index in [1.807, 2.05) is 12.1 Å². The van der Waals surface area contributed by atoms with Crippen LogP contribution in [0.25, 0.3) is 0 Å². The Morgan fingerprint density at radius 3 is 2.48 bits per heavy atom. The van der Waals surface area contributed by atoms with Crippen molar-refractivity contribution >= 4 is 5.69 Å². The van der Waals surface area contributed by atoms with Gasteiger partial charge in [-0.15, -0.1) is 0 Å². The van der Waals surface area contributed by atoms with Gasteiger partial charge in [-0.1, -0.05) is 26.2 Å². The smallest absolute Gasteiger partial charge is 0.123 e. The molecule has 1 N–H and O–H groups in total. The zero-order valence-electron chi connectivity index (χ0n) is 13.4. The molecule has 3 heteroatoms. The number of nitrogens with one attached hydrogen (secondary N) is 1. The molecule has 0 bridgehead atoms. The van der Waals surface area contributed by atoms with Crippen LogP contribution in [0.1, 0.15) is 46.0 Å². The molecule has 0 radical (unpaired) electrons. The average Bonchev–Trinajstić information content (AvgIpc) is 2.72. The van der Waals surface area contributed by atoms with Gasteiger partial charge in [-0.2, -0.15) is 0 Å². The lowest BCUT2D eigenvalue weighted by molar-refractivity contribution is 0.340. The minimum atomic E-state index is -0.158. The number of rotatable bonds is 6. The Balaban J connectivity index is 2.05. The maximum Gasteiger partial charge on any atom is 0.123 e. The molecule has 2 rings (SSSR count). The van der Waals surface area contributed by atoms with Crippen LogP contribution in [0.4, 0.5) is 10.1 Å². The maximum atomic E-state index is 13.1. The SMILES string of the molecule is CCNC1CCCCCC1CN(CC)c1ccc(F)cc1. The lowest BCUT2D eigenvalue weighted by Crippen LogP contribution is -2.42. The van der Waals surface area contributed by atoms with Crippen LogP contribution in [0.3, 0.4) is 0 Å². The van der Waals surface area contributed by atoms with Gasteiger partial charge in [0.05, 0.1) is 0 Å². The Morgan fingerprint density at radius 1 is 1.10 bits per heavy atom. The van der Waals surface area contributed by atoms with Gasteiger partial charge in [0.15, 0.2) is 0 Å². The summed E-state index contributed by atoms with van der Waals surface area (Å²) in [5.41, 5.74) is 1.14. The first kappa shape index (κ1) is 16.3. The van der Waals surface area contributed by atoms with Crippen LogP contribution in [0.15, 0.2) is 24.3 Å². The fraction of sp³-hybridized carbons (Fsp3) is 0.667. The molecular weight excluding hydrogens is 263 g/mol. The molecule has 0 aliphatic heterocycles. The first-order valence-electron chi connectivity index (χ1n) is 8.48. The molecule has 118 valence electrons. The van der Waals surface area contributed by atoms with E-state index < -0.39 is 0 Å². The number of benzene rings is 1. The number of anilines is 1. The summed E-state index contributed by atoms with van der Waals surface area (Å²) in [5, 5.41) is 3.68. The average molecular weight is 292 g/mol. The van der Waals surface area contributed by atoms with Crippen molar-refractivity contribution in [2.75, 3.05) is 24.5 Å². The van der Waals surface area contributed by atoms with E-state index in [1.165, 1.54) is 32.1 Å². The molecular formula is C18H29FN2. The maximum absolute atomic E-state index is 13.1. The second kappa shape index (κ2) is 8.38. The molecule has 1 aliphatic rings. The Labute approximate surface area is 128 Å². The van der Waals surface area contributed by atoms with Crippen molar-refractivity contribution in [2.45, 2.75) is 52.0 Å². The summed E-state index contributed by atoms with van der Waals surface area (Å²) in [6.07, 6.45) is 6.64. The summed E-state index contributed by atoms with van der Waals surface area (Å²) >= 11 is 0. The van der Waals surface area contributed by atoms with Crippen LogP contribution in [-0.4, -0.2) is 25.7 Å². The van der Waals surface area contributed by atoms with Crippen molar-refractivity contribution in [2.24, 2.45) is 5.92 Å². The molecule has 1 aliphatic carbocycles. The first-order valence-corrected chi connectivity index (χ1v) is 8.48. The summed E-state index contributed by atoms with van der Waals surface area (Å²) in [5.74, 6) is 0.534. The summed E-state index contributed by atoms with van der Waals surface area (Å²) < 4.78 is 13.1. The lowest BCUT2D eigenvalue weighted by atomic mass is 9.93. The van der Waals surface area contributed by atoms with Crippen LogP contribution in [0, 0.1) is 11.7 Å². The first-order chi connectivity index (χ1) is 10.2. The molecule has 1 fully saturated rings. The molecule has 1 aromatic rings. The highest BCUT2D eigenvalue weighted by atomic mass is 19.1. The minimum absolute atomic E-state index is 0.158. The normalized spacial score (nSPS) is 22.8. The summed E-state index contributed by atoms with van der Waals surface area (Å²) in [7, 11) is 0. The standard InChI is InChI=1S/C18H29FN2/c1-3-20-18-9-7-5-6-8-15(18)14-21(4-2)17-12-10-16(19)11-13-17/h10-13,15,18,20H,3-9,14H2,1-2H3. The van der Waals surface area contributed by atoms with Gasteiger partial charge < -0.3 is 10.2 Å². The van der Waals surface area contributed by atoms with Gasteiger partial charge in [-0.25, -0.2) is 4.39 Å². The van der Waals surface area contributed by atoms with E-state index in [0.717, 1.165) is 25.3 Å². The van der Waals surface area contributed by atoms with Crippen molar-refractivity contribution < 1.29 is 4.39 Å². The van der Waals surface area contributed by atoms with Crippen molar-refractivity contribution in [3.8, 4) is 0 Å². The highest BCUT2D eigenvalue weighted by Gasteiger charge is 2.24. The lowest BCUT2D eigenvalue weighted by Gasteiger charge is -2.32. The second-order valence-electron chi connectivity index (χ2n) is 6.08. The third-order valence-electron chi connectivity index (χ3n) is 4.65. The van der Waals surface area contributed by atoms with Gasteiger partial charge in [0, 0.05) is 24.8 Å². The molecule has 0 heterocycles. The van der Waals surface area contributed by atoms with Crippen molar-refractivity contribution in [1.82, 2.24) is 5.32 Å². The van der Waals surface area contributed by atoms with Gasteiger partial charge in [0.1, 0.15) is 5.82 Å². The van der Waals surface area contributed by atoms with E-state index in [9.17, 15) is 4.39 Å². The topological polar surface area (TPSA) is 15.3 Å². The molecule has 1 aromatic carbocycles. The zero-order valence-corrected chi connectivity index (χ0v) is 13.4. The quantitative estimate of drug-likeness (QED) is 0.790. The van der Waals surface area contributed by atoms with Crippen LogP contribution >= 0.6 is 0 Å². The molecule has 21 heavy (non-hydrogen) atoms. The van der Waals surface area contributed by atoms with E-state index in [-0.39, 0.29) is 5.82 Å². The van der Waals surface area contributed by atoms with E-state index in [2.05, 4.69) is 24.1 Å². The monoisotopic (exact) mass is 292 g/mol. The molecule has 0 aromatic heterocycles. The summed E-state index contributed by atoms with van der Waals surface area (Å²) in [6, 6.07) is 7.56. The van der Waals surface area contributed by atoms with Gasteiger partial charge in [0.25, 0.3) is 0 Å². The largest absolute Gasteiger partial charge is 0.371 e. The van der Waals surface area contributed by atoms with Gasteiger partial charge in [-0.3, -0.25) is 0 Å². The Hall–Kier alpha value is -1.09. The highest BCUT2D eigenvalue weighted by Crippen LogP contribution is 2.26. The number of nitrogens with zero attached hydrogens (tertiary/aromatic N) is 1. The van der Waals surface area contributed by atoms with E-state index in [0.29, 0.717) is 12.0 Å². The van der Waals surface area contributed by atoms with E-state index in [1.54, 1.807) is 12.1 Å². The van der Waals surface area contributed by atoms with Crippen LogP contribution in [0.5, 0.6) is 0 Å². The third kappa shape index (κ3) is 4.70. The molecule has 2 nitrogen and oxygen atoms in total. The van der Waals surface area contributed by atoms with Crippen LogP contribution in [0.2, 0.25) is 0 Å². The Bertz CT molecular complexity index is 404. The van der Waals surface area contributed by atoms with E-state index >= 15 is 0 Å². The predicted octanol–water partition coefficient (Wildman–Crippen LogP) is 4.21. The third-order valence-corrected chi connectivity index (χ3v) is 4.65. The fourth-order valence-electron chi connectivity index (χ4n) is 3.49. The minimum Gasteiger partial charge on any atom is -0.371 e.